The van der Waals surface area contributed by atoms with E-state index in [1.54, 1.807) is 0 Å². The summed E-state index contributed by atoms with van der Waals surface area (Å²) in [4.78, 5) is 5.04. The second-order valence-corrected chi connectivity index (χ2v) is 6.56. The van der Waals surface area contributed by atoms with E-state index in [1.165, 1.54) is 38.9 Å². The molecular weight excluding hydrogens is 244 g/mol. The summed E-state index contributed by atoms with van der Waals surface area (Å²) in [5.41, 5.74) is 0. The van der Waals surface area contributed by atoms with Gasteiger partial charge in [-0.25, -0.2) is 0 Å². The molecule has 20 heavy (non-hydrogen) atoms. The predicted octanol–water partition coefficient (Wildman–Crippen LogP) is 5.03. The molecule has 0 radical (unpaired) electrons. The second kappa shape index (κ2) is 13.9. The van der Waals surface area contributed by atoms with Crippen molar-refractivity contribution in [3.8, 4) is 0 Å². The highest BCUT2D eigenvalue weighted by molar-refractivity contribution is 4.65. The number of rotatable bonds is 9. The molecule has 0 spiro atoms. The van der Waals surface area contributed by atoms with Crippen LogP contribution >= 0.6 is 0 Å². The van der Waals surface area contributed by atoms with Crippen LogP contribution in [-0.2, 0) is 0 Å². The summed E-state index contributed by atoms with van der Waals surface area (Å²) in [6, 6.07) is 2.11. The Bertz CT molecular complexity index is 174. The molecule has 0 rings (SSSR count). The monoisotopic (exact) mass is 286 g/mol. The molecule has 124 valence electrons. The van der Waals surface area contributed by atoms with Crippen LogP contribution in [0.15, 0.2) is 0 Å². The summed E-state index contributed by atoms with van der Waals surface area (Å²) in [5, 5.41) is 0. The van der Waals surface area contributed by atoms with Crippen LogP contribution in [0, 0.1) is 0 Å². The molecule has 0 N–H and O–H groups in total. The Morgan fingerprint density at radius 2 is 0.900 bits per heavy atom. The molecule has 2 heteroatoms. The highest BCUT2D eigenvalue weighted by Crippen LogP contribution is 2.04. The number of hydrogen-bond acceptors (Lipinski definition) is 2. The Balaban J connectivity index is 0. The minimum atomic E-state index is 0.694. The Kier molecular flexibility index (Phi) is 15.4. The SMILES string of the molecule is CCCN(C(C)C)C(C)C.CCCN(CCC)C(C)C. The van der Waals surface area contributed by atoms with Crippen LogP contribution in [0.4, 0.5) is 0 Å². The zero-order chi connectivity index (χ0) is 16.1. The summed E-state index contributed by atoms with van der Waals surface area (Å²) in [6.07, 6.45) is 3.81. The van der Waals surface area contributed by atoms with Gasteiger partial charge in [0, 0.05) is 18.1 Å². The van der Waals surface area contributed by atoms with E-state index in [1.807, 2.05) is 0 Å². The standard InChI is InChI=1S/2C9H21N/c1-6-7-10(8(2)3)9(4)5;1-5-7-10(8-6-2)9(3)4/h8-9H,6-7H2,1-5H3;9H,5-8H2,1-4H3. The largest absolute Gasteiger partial charge is 0.301 e. The highest BCUT2D eigenvalue weighted by atomic mass is 15.2. The third-order valence-electron chi connectivity index (χ3n) is 3.56. The van der Waals surface area contributed by atoms with Crippen molar-refractivity contribution < 1.29 is 0 Å². The van der Waals surface area contributed by atoms with Crippen molar-refractivity contribution in [1.29, 1.82) is 0 Å². The summed E-state index contributed by atoms with van der Waals surface area (Å²) >= 11 is 0. The molecule has 0 saturated heterocycles. The lowest BCUT2D eigenvalue weighted by Gasteiger charge is -2.29. The molecule has 0 aromatic rings. The van der Waals surface area contributed by atoms with Gasteiger partial charge in [-0.05, 0) is 80.4 Å². The first-order valence-electron chi connectivity index (χ1n) is 8.81. The van der Waals surface area contributed by atoms with Gasteiger partial charge >= 0.3 is 0 Å². The third-order valence-corrected chi connectivity index (χ3v) is 3.56. The zero-order valence-corrected chi connectivity index (χ0v) is 15.9. The van der Waals surface area contributed by atoms with Gasteiger partial charge in [-0.2, -0.15) is 0 Å². The normalized spacial score (nSPS) is 11.7. The summed E-state index contributed by atoms with van der Waals surface area (Å²) in [6.45, 7) is 24.0. The molecule has 0 aliphatic carbocycles. The average Bonchev–Trinajstić information content (AvgIpc) is 2.35. The van der Waals surface area contributed by atoms with E-state index >= 15 is 0 Å². The third kappa shape index (κ3) is 11.7. The van der Waals surface area contributed by atoms with Crippen LogP contribution in [0.5, 0.6) is 0 Å². The van der Waals surface area contributed by atoms with Crippen molar-refractivity contribution in [3.05, 3.63) is 0 Å². The smallest absolute Gasteiger partial charge is 0.00412 e. The molecule has 0 saturated carbocycles. The molecule has 0 heterocycles. The van der Waals surface area contributed by atoms with Crippen molar-refractivity contribution in [2.45, 2.75) is 99.7 Å². The fourth-order valence-electron chi connectivity index (χ4n) is 2.57. The van der Waals surface area contributed by atoms with Gasteiger partial charge in [-0.15, -0.1) is 0 Å². The summed E-state index contributed by atoms with van der Waals surface area (Å²) in [5.74, 6) is 0. The minimum Gasteiger partial charge on any atom is -0.301 e. The Labute approximate surface area is 129 Å². The average molecular weight is 287 g/mol. The Hall–Kier alpha value is -0.0800. The first kappa shape index (κ1) is 22.2. The maximum absolute atomic E-state index is 2.53. The maximum Gasteiger partial charge on any atom is 0.00412 e. The fourth-order valence-corrected chi connectivity index (χ4v) is 2.57. The van der Waals surface area contributed by atoms with Crippen molar-refractivity contribution in [1.82, 2.24) is 9.80 Å². The van der Waals surface area contributed by atoms with Crippen molar-refractivity contribution in [2.75, 3.05) is 19.6 Å². The van der Waals surface area contributed by atoms with Crippen LogP contribution in [-0.4, -0.2) is 47.6 Å². The van der Waals surface area contributed by atoms with Gasteiger partial charge in [0.05, 0.1) is 0 Å². The van der Waals surface area contributed by atoms with E-state index in [-0.39, 0.29) is 0 Å². The van der Waals surface area contributed by atoms with Crippen molar-refractivity contribution in [3.63, 3.8) is 0 Å². The van der Waals surface area contributed by atoms with Crippen LogP contribution in [0.25, 0.3) is 0 Å². The molecule has 0 aromatic carbocycles. The highest BCUT2D eigenvalue weighted by Gasteiger charge is 2.10. The minimum absolute atomic E-state index is 0.694. The predicted molar refractivity (Wildman–Crippen MR) is 94.6 cm³/mol. The van der Waals surface area contributed by atoms with E-state index in [4.69, 9.17) is 0 Å². The molecule has 2 nitrogen and oxygen atoms in total. The van der Waals surface area contributed by atoms with Gasteiger partial charge in [-0.3, -0.25) is 4.90 Å². The molecule has 0 aromatic heterocycles. The zero-order valence-electron chi connectivity index (χ0n) is 15.9. The van der Waals surface area contributed by atoms with Gasteiger partial charge in [-0.1, -0.05) is 20.8 Å². The summed E-state index contributed by atoms with van der Waals surface area (Å²) in [7, 11) is 0. The van der Waals surface area contributed by atoms with Crippen LogP contribution < -0.4 is 0 Å². The molecule has 0 atom stereocenters. The topological polar surface area (TPSA) is 6.48 Å². The molecule has 0 aliphatic heterocycles. The van der Waals surface area contributed by atoms with Gasteiger partial charge in [0.15, 0.2) is 0 Å². The number of nitrogens with zero attached hydrogens (tertiary/aromatic N) is 2. The molecule has 0 amide bonds. The van der Waals surface area contributed by atoms with E-state index in [0.29, 0.717) is 12.1 Å². The van der Waals surface area contributed by atoms with Crippen molar-refractivity contribution >= 4 is 0 Å². The number of hydrogen-bond donors (Lipinski definition) is 0. The molecule has 0 fully saturated rings. The van der Waals surface area contributed by atoms with Gasteiger partial charge in [0.2, 0.25) is 0 Å². The quantitative estimate of drug-likeness (QED) is 0.586. The molecule has 0 aliphatic rings. The molecular formula is C18H42N2. The van der Waals surface area contributed by atoms with Crippen LogP contribution in [0.3, 0.4) is 0 Å². The van der Waals surface area contributed by atoms with Crippen LogP contribution in [0.1, 0.15) is 81.6 Å². The lowest BCUT2D eigenvalue weighted by atomic mass is 10.2. The Morgan fingerprint density at radius 1 is 0.550 bits per heavy atom. The Morgan fingerprint density at radius 3 is 1.05 bits per heavy atom. The van der Waals surface area contributed by atoms with Crippen molar-refractivity contribution in [2.24, 2.45) is 0 Å². The first-order chi connectivity index (χ1) is 9.31. The van der Waals surface area contributed by atoms with Gasteiger partial charge < -0.3 is 4.90 Å². The first-order valence-corrected chi connectivity index (χ1v) is 8.81. The van der Waals surface area contributed by atoms with E-state index in [2.05, 4.69) is 72.1 Å². The lowest BCUT2D eigenvalue weighted by molar-refractivity contribution is 0.175. The lowest BCUT2D eigenvalue weighted by Crippen LogP contribution is -2.37. The van der Waals surface area contributed by atoms with Gasteiger partial charge in [0.25, 0.3) is 0 Å². The van der Waals surface area contributed by atoms with Gasteiger partial charge in [0.1, 0.15) is 0 Å². The van der Waals surface area contributed by atoms with E-state index in [0.717, 1.165) is 6.04 Å². The summed E-state index contributed by atoms with van der Waals surface area (Å²) < 4.78 is 0. The fraction of sp³-hybridized carbons (Fsp3) is 1.00. The molecule has 0 unspecified atom stereocenters. The van der Waals surface area contributed by atoms with E-state index in [9.17, 15) is 0 Å². The van der Waals surface area contributed by atoms with E-state index < -0.39 is 0 Å². The second-order valence-electron chi connectivity index (χ2n) is 6.56. The maximum atomic E-state index is 2.53. The van der Waals surface area contributed by atoms with Crippen LogP contribution in [0.2, 0.25) is 0 Å². The molecule has 0 bridgehead atoms.